The average molecular weight is 561 g/mol. The van der Waals surface area contributed by atoms with Gasteiger partial charge in [-0.3, -0.25) is 4.98 Å². The third-order valence-corrected chi connectivity index (χ3v) is 6.91. The van der Waals surface area contributed by atoms with E-state index < -0.39 is 15.7 Å². The number of nitrogens with one attached hydrogen (secondary N) is 1. The van der Waals surface area contributed by atoms with Crippen LogP contribution in [0.5, 0.6) is 5.88 Å². The fraction of sp³-hybridized carbons (Fsp3) is 0.292. The predicted octanol–water partition coefficient (Wildman–Crippen LogP) is 3.69. The van der Waals surface area contributed by atoms with Gasteiger partial charge in [0.2, 0.25) is 5.88 Å². The number of pyridine rings is 2. The number of sulfone groups is 1. The highest BCUT2D eigenvalue weighted by Crippen LogP contribution is 2.33. The van der Waals surface area contributed by atoms with E-state index in [-0.39, 0.29) is 21.8 Å². The molecule has 0 aliphatic rings. The van der Waals surface area contributed by atoms with E-state index in [1.54, 1.807) is 30.1 Å². The number of halogens is 2. The molecule has 0 amide bonds. The molecule has 4 rings (SSSR count). The van der Waals surface area contributed by atoms with E-state index in [0.29, 0.717) is 53.0 Å². The molecule has 38 heavy (non-hydrogen) atoms. The van der Waals surface area contributed by atoms with E-state index in [2.05, 4.69) is 30.4 Å². The van der Waals surface area contributed by atoms with Gasteiger partial charge in [0.15, 0.2) is 21.5 Å². The van der Waals surface area contributed by atoms with E-state index in [0.717, 1.165) is 18.5 Å². The van der Waals surface area contributed by atoms with Crippen molar-refractivity contribution in [2.75, 3.05) is 23.9 Å². The van der Waals surface area contributed by atoms with Crippen molar-refractivity contribution in [3.63, 3.8) is 0 Å². The molecule has 0 spiro atoms. The van der Waals surface area contributed by atoms with Crippen molar-refractivity contribution >= 4 is 32.9 Å². The molecule has 0 saturated carbocycles. The Hall–Kier alpha value is -3.84. The summed E-state index contributed by atoms with van der Waals surface area (Å²) in [5, 5.41) is 7.86. The molecule has 1 atom stereocenters. The Kier molecular flexibility index (Phi) is 7.78. The van der Waals surface area contributed by atoms with Crippen LogP contribution in [0.4, 0.5) is 15.9 Å². The molecule has 14 heteroatoms. The standard InChI is InChI=1S/C24H26ClFN8O3S/c1-13(37-24-21(14(2)33-34(24)3)23-29-8-6-20(27)32-23)5-7-28-18-10-19(25)30-12-16(18)22-17(26)9-15(11-31-22)38(4,35)36/h6,8-13H,5,7H2,1-4H3,(H,28,30)(H2,27,29,32)/t13-/m0/s1. The molecule has 0 unspecified atom stereocenters. The van der Waals surface area contributed by atoms with Crippen molar-refractivity contribution in [2.24, 2.45) is 7.05 Å². The Morgan fingerprint density at radius 2 is 2.00 bits per heavy atom. The van der Waals surface area contributed by atoms with Crippen molar-refractivity contribution < 1.29 is 17.5 Å². The fourth-order valence-electron chi connectivity index (χ4n) is 3.77. The Balaban J connectivity index is 1.50. The van der Waals surface area contributed by atoms with Gasteiger partial charge in [-0.2, -0.15) is 5.10 Å². The van der Waals surface area contributed by atoms with E-state index >= 15 is 0 Å². The first kappa shape index (κ1) is 27.2. The van der Waals surface area contributed by atoms with Gasteiger partial charge in [-0.15, -0.1) is 0 Å². The molecule has 0 aromatic carbocycles. The maximum atomic E-state index is 14.8. The Morgan fingerprint density at radius 1 is 1.24 bits per heavy atom. The molecular weight excluding hydrogens is 535 g/mol. The van der Waals surface area contributed by atoms with E-state index in [9.17, 15) is 12.8 Å². The van der Waals surface area contributed by atoms with Crippen LogP contribution in [0.2, 0.25) is 5.15 Å². The van der Waals surface area contributed by atoms with Gasteiger partial charge in [-0.05, 0) is 32.0 Å². The van der Waals surface area contributed by atoms with Crippen LogP contribution in [0.25, 0.3) is 22.6 Å². The molecule has 0 saturated heterocycles. The first-order valence-electron chi connectivity index (χ1n) is 11.5. The van der Waals surface area contributed by atoms with Crippen LogP contribution in [0, 0.1) is 12.7 Å². The van der Waals surface area contributed by atoms with Crippen molar-refractivity contribution in [3.8, 4) is 28.5 Å². The number of rotatable bonds is 9. The lowest BCUT2D eigenvalue weighted by Crippen LogP contribution is -2.19. The highest BCUT2D eigenvalue weighted by molar-refractivity contribution is 7.90. The van der Waals surface area contributed by atoms with Gasteiger partial charge in [0.05, 0.1) is 16.7 Å². The smallest absolute Gasteiger partial charge is 0.223 e. The molecular formula is C24H26ClFN8O3S. The van der Waals surface area contributed by atoms with Gasteiger partial charge < -0.3 is 15.8 Å². The summed E-state index contributed by atoms with van der Waals surface area (Å²) in [5.41, 5.74) is 7.96. The summed E-state index contributed by atoms with van der Waals surface area (Å²) in [5.74, 6) is 0.471. The molecule has 4 aromatic rings. The molecule has 3 N–H and O–H groups in total. The molecule has 0 radical (unpaired) electrons. The zero-order chi connectivity index (χ0) is 27.6. The Morgan fingerprint density at radius 3 is 2.68 bits per heavy atom. The van der Waals surface area contributed by atoms with Gasteiger partial charge in [0, 0.05) is 56.1 Å². The van der Waals surface area contributed by atoms with Crippen molar-refractivity contribution in [1.82, 2.24) is 29.7 Å². The minimum Gasteiger partial charge on any atom is -0.474 e. The second-order valence-electron chi connectivity index (χ2n) is 8.66. The van der Waals surface area contributed by atoms with Crippen LogP contribution in [-0.4, -0.2) is 57.0 Å². The van der Waals surface area contributed by atoms with Crippen LogP contribution >= 0.6 is 11.6 Å². The zero-order valence-electron chi connectivity index (χ0n) is 21.1. The quantitative estimate of drug-likeness (QED) is 0.290. The molecule has 4 aromatic heterocycles. The summed E-state index contributed by atoms with van der Waals surface area (Å²) >= 11 is 6.08. The SMILES string of the molecule is Cc1nn(C)c(O[C@@H](C)CCNc2cc(Cl)ncc2-c2ncc(S(C)(=O)=O)cc2F)c1-c1nccc(N)n1. The number of hydrogen-bond acceptors (Lipinski definition) is 10. The highest BCUT2D eigenvalue weighted by atomic mass is 35.5. The lowest BCUT2D eigenvalue weighted by atomic mass is 10.1. The minimum atomic E-state index is -3.60. The van der Waals surface area contributed by atoms with Crippen molar-refractivity contribution in [3.05, 3.63) is 53.5 Å². The molecule has 11 nitrogen and oxygen atoms in total. The first-order chi connectivity index (χ1) is 17.9. The predicted molar refractivity (Wildman–Crippen MR) is 142 cm³/mol. The van der Waals surface area contributed by atoms with Gasteiger partial charge >= 0.3 is 0 Å². The van der Waals surface area contributed by atoms with Gasteiger partial charge in [-0.25, -0.2) is 32.4 Å². The lowest BCUT2D eigenvalue weighted by Gasteiger charge is -2.18. The fourth-order valence-corrected chi connectivity index (χ4v) is 4.49. The Bertz CT molecular complexity index is 1600. The number of aromatic nitrogens is 6. The van der Waals surface area contributed by atoms with Gasteiger partial charge in [0.1, 0.15) is 22.2 Å². The van der Waals surface area contributed by atoms with Crippen molar-refractivity contribution in [1.29, 1.82) is 0 Å². The maximum Gasteiger partial charge on any atom is 0.223 e. The monoisotopic (exact) mass is 560 g/mol. The number of nitrogens with two attached hydrogens (primary N) is 1. The molecule has 0 bridgehead atoms. The second-order valence-corrected chi connectivity index (χ2v) is 11.1. The van der Waals surface area contributed by atoms with E-state index in [4.69, 9.17) is 22.1 Å². The largest absolute Gasteiger partial charge is 0.474 e. The molecule has 200 valence electrons. The molecule has 0 aliphatic carbocycles. The summed E-state index contributed by atoms with van der Waals surface area (Å²) in [6.45, 7) is 4.17. The van der Waals surface area contributed by atoms with Gasteiger partial charge in [0.25, 0.3) is 0 Å². The number of aryl methyl sites for hydroxylation is 2. The lowest BCUT2D eigenvalue weighted by molar-refractivity contribution is 0.198. The third-order valence-electron chi connectivity index (χ3n) is 5.62. The number of nitrogen functional groups attached to an aromatic ring is 1. The number of hydrogen-bond donors (Lipinski definition) is 2. The number of ether oxygens (including phenoxy) is 1. The average Bonchev–Trinajstić information content (AvgIpc) is 3.11. The molecule has 4 heterocycles. The van der Waals surface area contributed by atoms with Crippen molar-refractivity contribution in [2.45, 2.75) is 31.3 Å². The van der Waals surface area contributed by atoms with E-state index in [1.807, 2.05) is 13.8 Å². The minimum absolute atomic E-state index is 0.0505. The first-order valence-corrected chi connectivity index (χ1v) is 13.8. The van der Waals surface area contributed by atoms with E-state index in [1.165, 1.54) is 6.20 Å². The summed E-state index contributed by atoms with van der Waals surface area (Å²) in [7, 11) is -1.84. The topological polar surface area (TPSA) is 151 Å². The second kappa shape index (κ2) is 10.9. The van der Waals surface area contributed by atoms with Crippen LogP contribution in [0.1, 0.15) is 19.0 Å². The normalized spacial score (nSPS) is 12.4. The third kappa shape index (κ3) is 6.00. The maximum absolute atomic E-state index is 14.8. The van der Waals surface area contributed by atoms with Crippen LogP contribution < -0.4 is 15.8 Å². The molecule has 0 fully saturated rings. The molecule has 0 aliphatic heterocycles. The Labute approximate surface area is 224 Å². The summed E-state index contributed by atoms with van der Waals surface area (Å²) < 4.78 is 46.1. The number of nitrogens with zero attached hydrogens (tertiary/aromatic N) is 6. The van der Waals surface area contributed by atoms with Crippen LogP contribution in [-0.2, 0) is 16.9 Å². The van der Waals surface area contributed by atoms with Crippen LogP contribution in [0.3, 0.4) is 0 Å². The summed E-state index contributed by atoms with van der Waals surface area (Å²) in [4.78, 5) is 16.4. The summed E-state index contributed by atoms with van der Waals surface area (Å²) in [6, 6.07) is 4.09. The summed E-state index contributed by atoms with van der Waals surface area (Å²) in [6.07, 6.45) is 5.34. The van der Waals surface area contributed by atoms with Gasteiger partial charge in [-0.1, -0.05) is 11.6 Å². The zero-order valence-corrected chi connectivity index (χ0v) is 22.7. The number of anilines is 2. The van der Waals surface area contributed by atoms with Crippen LogP contribution in [0.15, 0.2) is 41.7 Å². The highest BCUT2D eigenvalue weighted by Gasteiger charge is 2.22.